The van der Waals surface area contributed by atoms with Crippen LogP contribution in [0.25, 0.3) is 0 Å². The van der Waals surface area contributed by atoms with Gasteiger partial charge in [-0.05, 0) is 0 Å². The molecule has 1 saturated heterocycles. The van der Waals surface area contributed by atoms with E-state index in [0.29, 0.717) is 0 Å². The number of ether oxygens (including phenoxy) is 2. The van der Waals surface area contributed by atoms with Crippen LogP contribution in [-0.4, -0.2) is 42.2 Å². The molecule has 0 aromatic carbocycles. The fraction of sp³-hybridized carbons (Fsp3) is 1.00. The van der Waals surface area contributed by atoms with Crippen molar-refractivity contribution in [1.82, 2.24) is 0 Å². The van der Waals surface area contributed by atoms with E-state index in [0.717, 1.165) is 0 Å². The molecule has 0 amide bonds. The molecule has 0 radical (unpaired) electrons. The van der Waals surface area contributed by atoms with Crippen LogP contribution < -0.4 is 0 Å². The van der Waals surface area contributed by atoms with Gasteiger partial charge < -0.3 is 0 Å². The summed E-state index contributed by atoms with van der Waals surface area (Å²) in [6, 6.07) is -5.75. The number of hydrogen-bond donors (Lipinski definition) is 0. The van der Waals surface area contributed by atoms with E-state index in [-0.39, 0.29) is 0 Å². The number of alkyl halides is 14. The summed E-state index contributed by atoms with van der Waals surface area (Å²) in [5.41, 5.74) is 0. The summed E-state index contributed by atoms with van der Waals surface area (Å²) in [4.78, 5) is 0. The summed E-state index contributed by atoms with van der Waals surface area (Å²) in [5.74, 6) is -20.9. The lowest BCUT2D eigenvalue weighted by molar-refractivity contribution is -0.468. The van der Waals surface area contributed by atoms with Crippen molar-refractivity contribution in [2.24, 2.45) is 0 Å². The predicted octanol–water partition coefficient (Wildman–Crippen LogP) is 4.31. The number of halogens is 14. The Hall–Kier alpha value is -1.06. The lowest BCUT2D eigenvalue weighted by Crippen LogP contribution is -2.62. The van der Waals surface area contributed by atoms with Gasteiger partial charge in [-0.3, -0.25) is 4.74 Å². The molecule has 23 heavy (non-hydrogen) atoms. The second-order valence-electron chi connectivity index (χ2n) is 4.00. The molecule has 1 aliphatic heterocycles. The molecule has 0 aromatic heterocycles. The van der Waals surface area contributed by atoms with Crippen LogP contribution in [0.15, 0.2) is 0 Å². The van der Waals surface area contributed by atoms with E-state index >= 15 is 0 Å². The normalized spacial score (nSPS) is 30.5. The SMILES string of the molecule is FC(F)(F)C(F)(F)C(F)(F)C(F)(F)OC1(F)OC1(F)C(F)(F)F. The van der Waals surface area contributed by atoms with Crippen LogP contribution in [0.4, 0.5) is 61.5 Å². The first-order valence-electron chi connectivity index (χ1n) is 4.71. The van der Waals surface area contributed by atoms with Crippen molar-refractivity contribution in [1.29, 1.82) is 0 Å². The van der Waals surface area contributed by atoms with Gasteiger partial charge in [0.2, 0.25) is 0 Å². The molecular formula is C7F14O2. The van der Waals surface area contributed by atoms with E-state index in [1.807, 2.05) is 4.74 Å². The van der Waals surface area contributed by atoms with Crippen molar-refractivity contribution < 1.29 is 70.9 Å². The first-order valence-corrected chi connectivity index (χ1v) is 4.71. The standard InChI is InChI=1S/C7F14O2/c8-1(9,4(13,14)15)2(10,11)6(19,20)23-7(21)3(12,22-7)5(16,17)18. The van der Waals surface area contributed by atoms with Gasteiger partial charge in [-0.2, -0.15) is 61.5 Å². The highest BCUT2D eigenvalue weighted by Gasteiger charge is 2.94. The summed E-state index contributed by atoms with van der Waals surface area (Å²) < 4.78 is 175. The molecule has 138 valence electrons. The Bertz CT molecular complexity index is 478. The zero-order valence-corrected chi connectivity index (χ0v) is 9.61. The van der Waals surface area contributed by atoms with Gasteiger partial charge in [-0.15, -0.1) is 0 Å². The molecule has 0 aromatic rings. The van der Waals surface area contributed by atoms with Gasteiger partial charge >= 0.3 is 42.2 Å². The van der Waals surface area contributed by atoms with E-state index in [9.17, 15) is 61.5 Å². The van der Waals surface area contributed by atoms with Crippen LogP contribution in [0.3, 0.4) is 0 Å². The minimum Gasteiger partial charge on any atom is -0.266 e. The molecular weight excluding hydrogens is 382 g/mol. The van der Waals surface area contributed by atoms with Crippen LogP contribution in [0.2, 0.25) is 0 Å². The minimum absolute atomic E-state index is 1.88. The average molecular weight is 382 g/mol. The van der Waals surface area contributed by atoms with Gasteiger partial charge in [0.15, 0.2) is 0 Å². The van der Waals surface area contributed by atoms with Crippen molar-refractivity contribution in [3.8, 4) is 0 Å². The Kier molecular flexibility index (Phi) is 3.92. The van der Waals surface area contributed by atoms with Gasteiger partial charge in [0, 0.05) is 0 Å². The summed E-state index contributed by atoms with van der Waals surface area (Å²) in [5, 5.41) is 0. The zero-order chi connectivity index (χ0) is 18.9. The fourth-order valence-corrected chi connectivity index (χ4v) is 1.06. The molecule has 0 bridgehead atoms. The topological polar surface area (TPSA) is 21.8 Å². The smallest absolute Gasteiger partial charge is 0.266 e. The lowest BCUT2D eigenvalue weighted by atomic mass is 10.1. The van der Waals surface area contributed by atoms with Crippen molar-refractivity contribution in [2.45, 2.75) is 42.2 Å². The Morgan fingerprint density at radius 1 is 0.652 bits per heavy atom. The maximum absolute atomic E-state index is 12.9. The second-order valence-corrected chi connectivity index (χ2v) is 4.00. The summed E-state index contributed by atoms with van der Waals surface area (Å²) in [6.45, 7) is 0. The maximum atomic E-state index is 12.9. The maximum Gasteiger partial charge on any atom is 0.460 e. The third-order valence-electron chi connectivity index (χ3n) is 2.35. The molecule has 2 unspecified atom stereocenters. The Balaban J connectivity index is 3.15. The van der Waals surface area contributed by atoms with E-state index in [1.165, 1.54) is 0 Å². The number of rotatable bonds is 4. The Morgan fingerprint density at radius 3 is 1.30 bits per heavy atom. The van der Waals surface area contributed by atoms with Gasteiger partial charge in [0.05, 0.1) is 0 Å². The summed E-state index contributed by atoms with van der Waals surface area (Å²) >= 11 is 0. The van der Waals surface area contributed by atoms with Crippen molar-refractivity contribution in [3.05, 3.63) is 0 Å². The molecule has 1 fully saturated rings. The van der Waals surface area contributed by atoms with Gasteiger partial charge in [-0.1, -0.05) is 0 Å². The summed E-state index contributed by atoms with van der Waals surface area (Å²) in [7, 11) is 0. The van der Waals surface area contributed by atoms with Crippen LogP contribution in [0, 0.1) is 0 Å². The molecule has 16 heteroatoms. The molecule has 1 heterocycles. The highest BCUT2D eigenvalue weighted by atomic mass is 19.4. The number of epoxide rings is 1. The molecule has 0 N–H and O–H groups in total. The third kappa shape index (κ3) is 2.58. The molecule has 0 spiro atoms. The molecule has 2 nitrogen and oxygen atoms in total. The molecule has 1 aliphatic rings. The van der Waals surface area contributed by atoms with E-state index in [1.54, 1.807) is 0 Å². The summed E-state index contributed by atoms with van der Waals surface area (Å²) in [6.07, 6.45) is -21.0. The van der Waals surface area contributed by atoms with Gasteiger partial charge in [-0.25, -0.2) is 4.74 Å². The predicted molar refractivity (Wildman–Crippen MR) is 36.8 cm³/mol. The van der Waals surface area contributed by atoms with E-state index < -0.39 is 42.2 Å². The lowest BCUT2D eigenvalue weighted by Gasteiger charge is -2.33. The largest absolute Gasteiger partial charge is 0.460 e. The van der Waals surface area contributed by atoms with Crippen molar-refractivity contribution in [3.63, 3.8) is 0 Å². The van der Waals surface area contributed by atoms with Crippen LogP contribution in [0.1, 0.15) is 0 Å². The molecule has 1 rings (SSSR count). The van der Waals surface area contributed by atoms with Crippen LogP contribution in [0.5, 0.6) is 0 Å². The van der Waals surface area contributed by atoms with E-state index in [4.69, 9.17) is 0 Å². The van der Waals surface area contributed by atoms with Crippen molar-refractivity contribution >= 4 is 0 Å². The van der Waals surface area contributed by atoms with Crippen LogP contribution >= 0.6 is 0 Å². The first-order chi connectivity index (χ1) is 9.66. The first kappa shape index (κ1) is 20.0. The molecule has 2 atom stereocenters. The van der Waals surface area contributed by atoms with Gasteiger partial charge in [0.25, 0.3) is 0 Å². The van der Waals surface area contributed by atoms with Gasteiger partial charge in [0.1, 0.15) is 0 Å². The Labute approximate surface area is 114 Å². The highest BCUT2D eigenvalue weighted by Crippen LogP contribution is 2.64. The fourth-order valence-electron chi connectivity index (χ4n) is 1.06. The molecule has 0 aliphatic carbocycles. The van der Waals surface area contributed by atoms with Crippen molar-refractivity contribution in [2.75, 3.05) is 0 Å². The van der Waals surface area contributed by atoms with E-state index in [2.05, 4.69) is 4.74 Å². The number of hydrogen-bond acceptors (Lipinski definition) is 2. The third-order valence-corrected chi connectivity index (χ3v) is 2.35. The monoisotopic (exact) mass is 382 g/mol. The highest BCUT2D eigenvalue weighted by molar-refractivity contribution is 5.04. The van der Waals surface area contributed by atoms with Crippen LogP contribution in [-0.2, 0) is 9.47 Å². The molecule has 0 saturated carbocycles. The minimum atomic E-state index is -7.60. The zero-order valence-electron chi connectivity index (χ0n) is 9.61. The average Bonchev–Trinajstić information content (AvgIpc) is 2.77. The Morgan fingerprint density at radius 2 is 1.04 bits per heavy atom. The second kappa shape index (κ2) is 4.52. The quantitative estimate of drug-likeness (QED) is 0.534.